The van der Waals surface area contributed by atoms with Crippen molar-refractivity contribution < 1.29 is 9.59 Å². The van der Waals surface area contributed by atoms with Gasteiger partial charge in [0.2, 0.25) is 17.8 Å². The van der Waals surface area contributed by atoms with E-state index in [0.29, 0.717) is 5.95 Å². The van der Waals surface area contributed by atoms with Crippen LogP contribution in [0.2, 0.25) is 0 Å². The van der Waals surface area contributed by atoms with Gasteiger partial charge >= 0.3 is 0 Å². The first kappa shape index (κ1) is 23.3. The van der Waals surface area contributed by atoms with Crippen LogP contribution < -0.4 is 15.5 Å². The highest BCUT2D eigenvalue weighted by molar-refractivity contribution is 5.95. The van der Waals surface area contributed by atoms with Crippen LogP contribution in [0.4, 0.5) is 23.0 Å². The molecule has 1 saturated heterocycles. The van der Waals surface area contributed by atoms with E-state index in [1.165, 1.54) is 6.92 Å². The lowest BCUT2D eigenvalue weighted by Crippen LogP contribution is -2.48. The zero-order valence-electron chi connectivity index (χ0n) is 20.4. The monoisotopic (exact) mass is 480 g/mol. The Morgan fingerprint density at radius 1 is 0.861 bits per heavy atom. The zero-order valence-corrected chi connectivity index (χ0v) is 20.4. The van der Waals surface area contributed by atoms with Gasteiger partial charge in [-0.15, -0.1) is 0 Å². The minimum absolute atomic E-state index is 0.0984. The number of benzene rings is 3. The van der Waals surface area contributed by atoms with Crippen LogP contribution in [0.15, 0.2) is 72.9 Å². The molecule has 0 bridgehead atoms. The lowest BCUT2D eigenvalue weighted by Gasteiger charge is -2.35. The molecule has 5 rings (SSSR count). The maximum Gasteiger partial charge on any atom is 0.227 e. The van der Waals surface area contributed by atoms with Crippen molar-refractivity contribution in [2.24, 2.45) is 0 Å². The molecule has 1 aromatic heterocycles. The van der Waals surface area contributed by atoms with Gasteiger partial charge in [-0.05, 0) is 35.9 Å². The van der Waals surface area contributed by atoms with Gasteiger partial charge in [0.05, 0.1) is 5.52 Å². The molecule has 182 valence electrons. The summed E-state index contributed by atoms with van der Waals surface area (Å²) in [5.41, 5.74) is 5.60. The van der Waals surface area contributed by atoms with E-state index in [0.717, 1.165) is 65.3 Å². The zero-order chi connectivity index (χ0) is 25.1. The van der Waals surface area contributed by atoms with E-state index in [2.05, 4.69) is 32.7 Å². The van der Waals surface area contributed by atoms with Crippen LogP contribution in [0.5, 0.6) is 0 Å². The van der Waals surface area contributed by atoms with Crippen LogP contribution in [0.1, 0.15) is 13.8 Å². The van der Waals surface area contributed by atoms with Gasteiger partial charge in [-0.25, -0.2) is 9.97 Å². The Kier molecular flexibility index (Phi) is 6.49. The molecule has 3 aromatic carbocycles. The first-order valence-electron chi connectivity index (χ1n) is 12.0. The lowest BCUT2D eigenvalue weighted by molar-refractivity contribution is -0.129. The summed E-state index contributed by atoms with van der Waals surface area (Å²) in [6.45, 7) is 6.19. The maximum atomic E-state index is 11.6. The van der Waals surface area contributed by atoms with E-state index in [9.17, 15) is 9.59 Å². The average molecular weight is 481 g/mol. The van der Waals surface area contributed by atoms with Gasteiger partial charge in [-0.2, -0.15) is 0 Å². The van der Waals surface area contributed by atoms with Gasteiger partial charge in [0.15, 0.2) is 0 Å². The second-order valence-electron chi connectivity index (χ2n) is 8.86. The predicted molar refractivity (Wildman–Crippen MR) is 143 cm³/mol. The molecular formula is C28H28N6O2. The lowest BCUT2D eigenvalue weighted by atomic mass is 10.0. The molecule has 1 fully saturated rings. The van der Waals surface area contributed by atoms with Crippen molar-refractivity contribution in [2.45, 2.75) is 13.8 Å². The second-order valence-corrected chi connectivity index (χ2v) is 8.86. The van der Waals surface area contributed by atoms with Crippen molar-refractivity contribution in [3.05, 3.63) is 72.9 Å². The molecule has 0 unspecified atom stereocenters. The minimum atomic E-state index is -0.0984. The SMILES string of the molecule is CC(=O)Nc1ccc(-c2cccc3cnc(Nc4cccc(N5CCN(C(C)=O)CC5)c4)nc23)cc1. The van der Waals surface area contributed by atoms with Gasteiger partial charge in [0.25, 0.3) is 0 Å². The molecule has 0 aliphatic carbocycles. The molecule has 0 atom stereocenters. The first-order valence-corrected chi connectivity index (χ1v) is 12.0. The van der Waals surface area contributed by atoms with Crippen LogP contribution in [-0.4, -0.2) is 52.9 Å². The fraction of sp³-hybridized carbons (Fsp3) is 0.214. The Bertz CT molecular complexity index is 1410. The third-order valence-electron chi connectivity index (χ3n) is 6.32. The summed E-state index contributed by atoms with van der Waals surface area (Å²) in [5.74, 6) is 0.545. The highest BCUT2D eigenvalue weighted by Gasteiger charge is 2.19. The van der Waals surface area contributed by atoms with E-state index in [4.69, 9.17) is 4.98 Å². The maximum absolute atomic E-state index is 11.6. The largest absolute Gasteiger partial charge is 0.368 e. The summed E-state index contributed by atoms with van der Waals surface area (Å²) in [6.07, 6.45) is 1.82. The number of hydrogen-bond acceptors (Lipinski definition) is 6. The molecule has 8 heteroatoms. The quantitative estimate of drug-likeness (QED) is 0.432. The average Bonchev–Trinajstić information content (AvgIpc) is 2.89. The van der Waals surface area contributed by atoms with Crippen molar-refractivity contribution in [1.29, 1.82) is 0 Å². The Morgan fingerprint density at radius 3 is 2.33 bits per heavy atom. The molecular weight excluding hydrogens is 452 g/mol. The van der Waals surface area contributed by atoms with Crippen molar-refractivity contribution >= 4 is 45.7 Å². The summed E-state index contributed by atoms with van der Waals surface area (Å²) in [5, 5.41) is 7.09. The molecule has 36 heavy (non-hydrogen) atoms. The van der Waals surface area contributed by atoms with Crippen LogP contribution in [-0.2, 0) is 9.59 Å². The minimum Gasteiger partial charge on any atom is -0.368 e. The standard InChI is InChI=1S/C28H28N6O2/c1-19(35)30-23-11-9-21(10-12-23)26-8-3-5-22-18-29-28(32-27(22)26)31-24-6-4-7-25(17-24)34-15-13-33(14-16-34)20(2)36/h3-12,17-18H,13-16H2,1-2H3,(H,30,35)(H,29,31,32). The molecule has 2 N–H and O–H groups in total. The van der Waals surface area contributed by atoms with Gasteiger partial charge in [-0.3, -0.25) is 9.59 Å². The number of aromatic nitrogens is 2. The Labute approximate surface area is 210 Å². The number of para-hydroxylation sites is 1. The van der Waals surface area contributed by atoms with Crippen molar-refractivity contribution in [3.63, 3.8) is 0 Å². The van der Waals surface area contributed by atoms with Crippen LogP contribution in [0.3, 0.4) is 0 Å². The van der Waals surface area contributed by atoms with E-state index in [1.807, 2.05) is 65.7 Å². The number of fused-ring (bicyclic) bond motifs is 1. The fourth-order valence-electron chi connectivity index (χ4n) is 4.47. The number of carbonyl (C=O) groups excluding carboxylic acids is 2. The number of nitrogens with zero attached hydrogens (tertiary/aromatic N) is 4. The summed E-state index contributed by atoms with van der Waals surface area (Å²) in [6, 6.07) is 21.9. The Morgan fingerprint density at radius 2 is 1.61 bits per heavy atom. The molecule has 8 nitrogen and oxygen atoms in total. The smallest absolute Gasteiger partial charge is 0.227 e. The van der Waals surface area contributed by atoms with Crippen molar-refractivity contribution in [3.8, 4) is 11.1 Å². The molecule has 1 aliphatic heterocycles. The van der Waals surface area contributed by atoms with Crippen molar-refractivity contribution in [2.75, 3.05) is 41.7 Å². The number of amides is 2. The number of nitrogens with one attached hydrogen (secondary N) is 2. The van der Waals surface area contributed by atoms with Crippen LogP contribution in [0.25, 0.3) is 22.0 Å². The highest BCUT2D eigenvalue weighted by atomic mass is 16.2. The summed E-state index contributed by atoms with van der Waals surface area (Å²) < 4.78 is 0. The number of anilines is 4. The number of piperazine rings is 1. The topological polar surface area (TPSA) is 90.5 Å². The van der Waals surface area contributed by atoms with Gasteiger partial charge in [-0.1, -0.05) is 36.4 Å². The number of carbonyl (C=O) groups is 2. The van der Waals surface area contributed by atoms with Crippen LogP contribution >= 0.6 is 0 Å². The third-order valence-corrected chi connectivity index (χ3v) is 6.32. The first-order chi connectivity index (χ1) is 17.5. The van der Waals surface area contributed by atoms with Gasteiger partial charge in [0, 0.05) is 74.2 Å². The second kappa shape index (κ2) is 10.0. The third kappa shape index (κ3) is 5.12. The predicted octanol–water partition coefficient (Wildman–Crippen LogP) is 4.67. The summed E-state index contributed by atoms with van der Waals surface area (Å²) in [7, 11) is 0. The molecule has 0 spiro atoms. The van der Waals surface area contributed by atoms with E-state index >= 15 is 0 Å². The fourth-order valence-corrected chi connectivity index (χ4v) is 4.47. The molecule has 1 aliphatic rings. The van der Waals surface area contributed by atoms with Gasteiger partial charge < -0.3 is 20.4 Å². The molecule has 2 heterocycles. The number of rotatable bonds is 5. The normalized spacial score (nSPS) is 13.5. The van der Waals surface area contributed by atoms with Gasteiger partial charge in [0.1, 0.15) is 0 Å². The molecule has 4 aromatic rings. The van der Waals surface area contributed by atoms with E-state index in [-0.39, 0.29) is 11.8 Å². The van der Waals surface area contributed by atoms with E-state index < -0.39 is 0 Å². The van der Waals surface area contributed by atoms with Crippen LogP contribution in [0, 0.1) is 0 Å². The molecule has 0 radical (unpaired) electrons. The summed E-state index contributed by atoms with van der Waals surface area (Å²) >= 11 is 0. The van der Waals surface area contributed by atoms with Crippen molar-refractivity contribution in [1.82, 2.24) is 14.9 Å². The highest BCUT2D eigenvalue weighted by Crippen LogP contribution is 2.29. The summed E-state index contributed by atoms with van der Waals surface area (Å²) in [4.78, 5) is 36.5. The molecule has 0 saturated carbocycles. The number of hydrogen-bond donors (Lipinski definition) is 2. The molecule has 2 amide bonds. The Hall–Kier alpha value is -4.46. The van der Waals surface area contributed by atoms with E-state index in [1.54, 1.807) is 6.92 Å². The Balaban J connectivity index is 1.38.